The molecule has 172 valence electrons. The number of imide groups is 1. The summed E-state index contributed by atoms with van der Waals surface area (Å²) >= 11 is 1.17. The number of carbonyl (C=O) groups is 5. The summed E-state index contributed by atoms with van der Waals surface area (Å²) in [6.07, 6.45) is -1.77. The Bertz CT molecular complexity index is 914. The molecule has 0 N–H and O–H groups in total. The molecule has 0 aromatic heterocycles. The maximum atomic E-state index is 13.1. The summed E-state index contributed by atoms with van der Waals surface area (Å²) in [5.41, 5.74) is -0.427. The van der Waals surface area contributed by atoms with E-state index in [1.807, 2.05) is 0 Å². The molecule has 1 aromatic carbocycles. The molecule has 11 heteroatoms. The number of fused-ring (bicyclic) bond motifs is 1. The smallest absolute Gasteiger partial charge is 0.303 e. The summed E-state index contributed by atoms with van der Waals surface area (Å²) in [5, 5.41) is 0. The van der Waals surface area contributed by atoms with E-state index in [1.54, 1.807) is 18.4 Å². The molecule has 5 atom stereocenters. The first-order chi connectivity index (χ1) is 15.1. The van der Waals surface area contributed by atoms with Crippen molar-refractivity contribution in [1.29, 1.82) is 0 Å². The van der Waals surface area contributed by atoms with E-state index in [-0.39, 0.29) is 17.7 Å². The number of ether oxygens (including phenoxy) is 4. The number of nitrogens with zero attached hydrogens (tertiary/aromatic N) is 1. The van der Waals surface area contributed by atoms with Gasteiger partial charge in [0, 0.05) is 20.8 Å². The van der Waals surface area contributed by atoms with Crippen LogP contribution in [0.1, 0.15) is 41.5 Å². The van der Waals surface area contributed by atoms with Gasteiger partial charge in [-0.3, -0.25) is 28.9 Å². The minimum atomic E-state index is -1.25. The normalized spacial score (nSPS) is 27.0. The molecule has 1 aromatic rings. The number of thioether (sulfide) groups is 1. The van der Waals surface area contributed by atoms with Crippen LogP contribution in [0.25, 0.3) is 0 Å². The fourth-order valence-corrected chi connectivity index (χ4v) is 4.64. The third-order valence-electron chi connectivity index (χ3n) is 5.03. The van der Waals surface area contributed by atoms with Crippen LogP contribution in [0.2, 0.25) is 0 Å². The summed E-state index contributed by atoms with van der Waals surface area (Å²) in [6.45, 7) is 3.25. The Kier molecular flexibility index (Phi) is 7.19. The standard InChI is InChI=1S/C21H23NO9S/c1-10(23)28-9-15-17(29-11(2)24)18(30-12(3)25)16(21(31-15)32-4)22-19(26)13-7-5-6-8-14(13)20(22)27/h5-8,15-18,21H,9H2,1-4H3/t15?,16?,17-,18?,21+/m1/s1. The third-order valence-corrected chi connectivity index (χ3v) is 5.88. The monoisotopic (exact) mass is 465 g/mol. The number of benzene rings is 1. The van der Waals surface area contributed by atoms with Gasteiger partial charge in [-0.2, -0.15) is 0 Å². The Morgan fingerprint density at radius 2 is 1.47 bits per heavy atom. The molecule has 0 spiro atoms. The van der Waals surface area contributed by atoms with Crippen molar-refractivity contribution >= 4 is 41.5 Å². The van der Waals surface area contributed by atoms with Crippen LogP contribution in [0.5, 0.6) is 0 Å². The van der Waals surface area contributed by atoms with E-state index >= 15 is 0 Å². The molecule has 10 nitrogen and oxygen atoms in total. The van der Waals surface area contributed by atoms with Crippen molar-refractivity contribution in [3.8, 4) is 0 Å². The van der Waals surface area contributed by atoms with Crippen LogP contribution >= 0.6 is 11.8 Å². The second kappa shape index (κ2) is 9.70. The van der Waals surface area contributed by atoms with Crippen molar-refractivity contribution in [2.75, 3.05) is 12.9 Å². The molecule has 2 heterocycles. The highest BCUT2D eigenvalue weighted by molar-refractivity contribution is 7.99. The van der Waals surface area contributed by atoms with Gasteiger partial charge in [0.05, 0.1) is 11.1 Å². The summed E-state index contributed by atoms with van der Waals surface area (Å²) < 4.78 is 21.9. The predicted molar refractivity (Wildman–Crippen MR) is 111 cm³/mol. The first kappa shape index (κ1) is 23.7. The lowest BCUT2D eigenvalue weighted by Crippen LogP contribution is -2.66. The predicted octanol–water partition coefficient (Wildman–Crippen LogP) is 1.17. The second-order valence-corrected chi connectivity index (χ2v) is 8.18. The molecule has 0 radical (unpaired) electrons. The van der Waals surface area contributed by atoms with E-state index in [0.717, 1.165) is 18.7 Å². The van der Waals surface area contributed by atoms with Crippen molar-refractivity contribution in [3.63, 3.8) is 0 Å². The van der Waals surface area contributed by atoms with Crippen molar-refractivity contribution in [2.24, 2.45) is 0 Å². The zero-order valence-electron chi connectivity index (χ0n) is 17.9. The number of rotatable bonds is 6. The van der Waals surface area contributed by atoms with Crippen LogP contribution in [-0.4, -0.2) is 77.3 Å². The maximum absolute atomic E-state index is 13.1. The van der Waals surface area contributed by atoms with Gasteiger partial charge in [-0.05, 0) is 18.4 Å². The van der Waals surface area contributed by atoms with Gasteiger partial charge >= 0.3 is 17.9 Å². The zero-order chi connectivity index (χ0) is 23.6. The third kappa shape index (κ3) is 4.63. The quantitative estimate of drug-likeness (QED) is 0.343. The molecule has 0 bridgehead atoms. The lowest BCUT2D eigenvalue weighted by Gasteiger charge is -2.47. The molecule has 1 fully saturated rings. The number of hydrogen-bond donors (Lipinski definition) is 0. The zero-order valence-corrected chi connectivity index (χ0v) is 18.7. The van der Waals surface area contributed by atoms with Crippen molar-refractivity contribution in [1.82, 2.24) is 4.90 Å². The Balaban J connectivity index is 2.05. The molecule has 32 heavy (non-hydrogen) atoms. The number of amides is 2. The van der Waals surface area contributed by atoms with Crippen LogP contribution in [-0.2, 0) is 33.3 Å². The van der Waals surface area contributed by atoms with Gasteiger partial charge in [-0.1, -0.05) is 12.1 Å². The highest BCUT2D eigenvalue weighted by Crippen LogP contribution is 2.37. The first-order valence-corrected chi connectivity index (χ1v) is 11.1. The number of esters is 3. The SMILES string of the molecule is CS[C@@H]1OC(COC(C)=O)[C@@H](OC(C)=O)C(OC(C)=O)C1N1C(=O)c2ccccc2C1=O. The van der Waals surface area contributed by atoms with Crippen molar-refractivity contribution in [2.45, 2.75) is 50.6 Å². The highest BCUT2D eigenvalue weighted by atomic mass is 32.2. The Morgan fingerprint density at radius 1 is 0.938 bits per heavy atom. The van der Waals surface area contributed by atoms with Crippen LogP contribution in [0, 0.1) is 0 Å². The van der Waals surface area contributed by atoms with E-state index in [1.165, 1.54) is 30.8 Å². The van der Waals surface area contributed by atoms with Crippen LogP contribution < -0.4 is 0 Å². The van der Waals surface area contributed by atoms with Gasteiger partial charge in [0.25, 0.3) is 11.8 Å². The van der Waals surface area contributed by atoms with E-state index in [4.69, 9.17) is 18.9 Å². The summed E-state index contributed by atoms with van der Waals surface area (Å²) in [4.78, 5) is 62.4. The van der Waals surface area contributed by atoms with E-state index in [2.05, 4.69) is 0 Å². The molecule has 1 saturated heterocycles. The second-order valence-electron chi connectivity index (χ2n) is 7.25. The van der Waals surface area contributed by atoms with Crippen LogP contribution in [0.4, 0.5) is 0 Å². The minimum Gasteiger partial charge on any atom is -0.463 e. The molecule has 2 amide bonds. The van der Waals surface area contributed by atoms with E-state index in [0.29, 0.717) is 0 Å². The van der Waals surface area contributed by atoms with Gasteiger partial charge in [0.1, 0.15) is 24.2 Å². The van der Waals surface area contributed by atoms with Gasteiger partial charge in [-0.15, -0.1) is 11.8 Å². The fourth-order valence-electron chi connectivity index (χ4n) is 3.83. The van der Waals surface area contributed by atoms with Gasteiger partial charge in [-0.25, -0.2) is 0 Å². The summed E-state index contributed by atoms with van der Waals surface area (Å²) in [5.74, 6) is -3.14. The highest BCUT2D eigenvalue weighted by Gasteiger charge is 2.56. The van der Waals surface area contributed by atoms with E-state index < -0.39 is 59.5 Å². The molecule has 0 aliphatic carbocycles. The van der Waals surface area contributed by atoms with Crippen molar-refractivity contribution < 1.29 is 42.9 Å². The Hall–Kier alpha value is -2.92. The number of hydrogen-bond acceptors (Lipinski definition) is 10. The lowest BCUT2D eigenvalue weighted by molar-refractivity contribution is -0.216. The Morgan fingerprint density at radius 3 is 1.94 bits per heavy atom. The van der Waals surface area contributed by atoms with E-state index in [9.17, 15) is 24.0 Å². The van der Waals surface area contributed by atoms with Gasteiger partial charge in [0.2, 0.25) is 0 Å². The fraction of sp³-hybridized carbons (Fsp3) is 0.476. The van der Waals surface area contributed by atoms with Gasteiger partial charge in [0.15, 0.2) is 12.2 Å². The molecule has 3 unspecified atom stereocenters. The Labute approximate surface area is 188 Å². The number of carbonyl (C=O) groups excluding carboxylic acids is 5. The maximum Gasteiger partial charge on any atom is 0.303 e. The van der Waals surface area contributed by atoms with Gasteiger partial charge < -0.3 is 18.9 Å². The average Bonchev–Trinajstić information content (AvgIpc) is 2.98. The van der Waals surface area contributed by atoms with Crippen LogP contribution in [0.3, 0.4) is 0 Å². The topological polar surface area (TPSA) is 126 Å². The molecule has 2 aliphatic rings. The molecule has 0 saturated carbocycles. The summed E-state index contributed by atoms with van der Waals surface area (Å²) in [7, 11) is 0. The molecule has 3 rings (SSSR count). The van der Waals surface area contributed by atoms with Crippen LogP contribution in [0.15, 0.2) is 24.3 Å². The molecular formula is C21H23NO9S. The average molecular weight is 465 g/mol. The molecular weight excluding hydrogens is 442 g/mol. The largest absolute Gasteiger partial charge is 0.463 e. The summed E-state index contributed by atoms with van der Waals surface area (Å²) in [6, 6.07) is 5.23. The first-order valence-electron chi connectivity index (χ1n) is 9.78. The molecule has 2 aliphatic heterocycles. The minimum absolute atomic E-state index is 0.213. The lowest BCUT2D eigenvalue weighted by atomic mass is 9.96. The van der Waals surface area contributed by atoms with Crippen molar-refractivity contribution in [3.05, 3.63) is 35.4 Å².